The first kappa shape index (κ1) is 31.7. The lowest BCUT2D eigenvalue weighted by atomic mass is 10.1. The molecule has 4 aromatic rings. The van der Waals surface area contributed by atoms with Gasteiger partial charge in [-0.3, -0.25) is 9.69 Å². The molecular formula is C32H25BrCl2N2O6S. The van der Waals surface area contributed by atoms with Crippen LogP contribution in [0.5, 0.6) is 0 Å². The Bertz CT molecular complexity index is 1900. The Balaban J connectivity index is 1.48. The Morgan fingerprint density at radius 3 is 2.27 bits per heavy atom. The number of rotatable bonds is 9. The second-order valence-electron chi connectivity index (χ2n) is 9.79. The maximum Gasteiger partial charge on any atom is 0.340 e. The predicted octanol–water partition coefficient (Wildman–Crippen LogP) is 7.62. The lowest BCUT2D eigenvalue weighted by molar-refractivity contribution is -0.136. The number of amides is 1. The molecule has 0 N–H and O–H groups in total. The van der Waals surface area contributed by atoms with E-state index in [0.717, 1.165) is 4.47 Å². The van der Waals surface area contributed by atoms with Crippen LogP contribution in [0.3, 0.4) is 0 Å². The number of benzene rings is 3. The number of carbonyl (C=O) groups excluding carboxylic acids is 2. The fourth-order valence-corrected chi connectivity index (χ4v) is 6.79. The SMILES string of the molecule is COC(=O)C1=C(C)N(c2cccc(Br)c2)C(=O)/C1=C/c1ccc(CN(Cc2ccc(Cl)cc2)S(=O)(=O)c2ccc(Cl)cc2)o1. The molecule has 1 aliphatic heterocycles. The minimum Gasteiger partial charge on any atom is -0.465 e. The number of nitrogens with zero attached hydrogens (tertiary/aromatic N) is 2. The zero-order valence-corrected chi connectivity index (χ0v) is 27.4. The minimum absolute atomic E-state index is 0.0355. The van der Waals surface area contributed by atoms with Crippen molar-refractivity contribution in [2.24, 2.45) is 0 Å². The summed E-state index contributed by atoms with van der Waals surface area (Å²) in [4.78, 5) is 27.9. The second-order valence-corrected chi connectivity index (χ2v) is 13.5. The Hall–Kier alpha value is -3.67. The molecule has 1 aromatic heterocycles. The highest BCUT2D eigenvalue weighted by Crippen LogP contribution is 2.36. The molecule has 0 bridgehead atoms. The van der Waals surface area contributed by atoms with Crippen molar-refractivity contribution in [2.75, 3.05) is 12.0 Å². The van der Waals surface area contributed by atoms with Crippen molar-refractivity contribution >= 4 is 72.8 Å². The Kier molecular flexibility index (Phi) is 9.48. The Morgan fingerprint density at radius 2 is 1.64 bits per heavy atom. The van der Waals surface area contributed by atoms with Crippen LogP contribution in [0.25, 0.3) is 6.08 Å². The summed E-state index contributed by atoms with van der Waals surface area (Å²) in [6.07, 6.45) is 1.46. The predicted molar refractivity (Wildman–Crippen MR) is 172 cm³/mol. The summed E-state index contributed by atoms with van der Waals surface area (Å²) in [5.74, 6) is -0.537. The quantitative estimate of drug-likeness (QED) is 0.131. The molecule has 1 amide bonds. The summed E-state index contributed by atoms with van der Waals surface area (Å²) in [5, 5.41) is 0.938. The first-order valence-electron chi connectivity index (χ1n) is 13.2. The van der Waals surface area contributed by atoms with Crippen LogP contribution in [0, 0.1) is 0 Å². The maximum absolute atomic E-state index is 13.7. The van der Waals surface area contributed by atoms with Gasteiger partial charge in [0.2, 0.25) is 10.0 Å². The van der Waals surface area contributed by atoms with Gasteiger partial charge in [0.05, 0.1) is 35.4 Å². The molecule has 0 atom stereocenters. The fraction of sp³-hybridized carbons (Fsp3) is 0.125. The summed E-state index contributed by atoms with van der Waals surface area (Å²) in [6, 6.07) is 23.1. The number of furan rings is 1. The van der Waals surface area contributed by atoms with E-state index in [-0.39, 0.29) is 34.9 Å². The van der Waals surface area contributed by atoms with Gasteiger partial charge >= 0.3 is 5.97 Å². The number of allylic oxidation sites excluding steroid dienone is 1. The monoisotopic (exact) mass is 714 g/mol. The third-order valence-corrected chi connectivity index (χ3v) is 9.68. The summed E-state index contributed by atoms with van der Waals surface area (Å²) in [5.41, 5.74) is 1.87. The molecule has 0 spiro atoms. The van der Waals surface area contributed by atoms with Crippen molar-refractivity contribution in [3.05, 3.63) is 133 Å². The molecule has 0 aliphatic carbocycles. The van der Waals surface area contributed by atoms with Crippen LogP contribution in [0.2, 0.25) is 10.0 Å². The van der Waals surface area contributed by atoms with E-state index in [9.17, 15) is 18.0 Å². The Morgan fingerprint density at radius 1 is 0.977 bits per heavy atom. The van der Waals surface area contributed by atoms with Crippen LogP contribution in [0.4, 0.5) is 5.69 Å². The largest absolute Gasteiger partial charge is 0.465 e. The topological polar surface area (TPSA) is 97.1 Å². The van der Waals surface area contributed by atoms with Crippen molar-refractivity contribution < 1.29 is 27.2 Å². The van der Waals surface area contributed by atoms with E-state index >= 15 is 0 Å². The van der Waals surface area contributed by atoms with Crippen LogP contribution in [-0.4, -0.2) is 31.7 Å². The second kappa shape index (κ2) is 13.1. The summed E-state index contributed by atoms with van der Waals surface area (Å²) in [7, 11) is -2.74. The first-order chi connectivity index (χ1) is 21.0. The molecular weight excluding hydrogens is 691 g/mol. The highest BCUT2D eigenvalue weighted by Gasteiger charge is 2.38. The highest BCUT2D eigenvalue weighted by molar-refractivity contribution is 9.10. The van der Waals surface area contributed by atoms with Crippen molar-refractivity contribution in [2.45, 2.75) is 24.9 Å². The van der Waals surface area contributed by atoms with E-state index in [2.05, 4.69) is 15.9 Å². The molecule has 0 radical (unpaired) electrons. The molecule has 3 aromatic carbocycles. The first-order valence-corrected chi connectivity index (χ1v) is 16.2. The molecule has 0 saturated carbocycles. The average molecular weight is 716 g/mol. The van der Waals surface area contributed by atoms with Gasteiger partial charge in [-0.2, -0.15) is 4.31 Å². The van der Waals surface area contributed by atoms with Crippen LogP contribution >= 0.6 is 39.1 Å². The third-order valence-electron chi connectivity index (χ3n) is 6.88. The zero-order chi connectivity index (χ0) is 31.6. The molecule has 5 rings (SSSR count). The highest BCUT2D eigenvalue weighted by atomic mass is 79.9. The van der Waals surface area contributed by atoms with Gasteiger partial charge in [0.15, 0.2) is 0 Å². The van der Waals surface area contributed by atoms with Gasteiger partial charge in [-0.1, -0.05) is 57.3 Å². The van der Waals surface area contributed by atoms with Crippen molar-refractivity contribution in [1.82, 2.24) is 4.31 Å². The van der Waals surface area contributed by atoms with E-state index in [4.69, 9.17) is 32.4 Å². The number of methoxy groups -OCH3 is 1. The molecule has 1 aliphatic rings. The molecule has 2 heterocycles. The van der Waals surface area contributed by atoms with Gasteiger partial charge in [-0.05, 0) is 85.3 Å². The normalized spacial score (nSPS) is 14.6. The number of carbonyl (C=O) groups is 2. The van der Waals surface area contributed by atoms with Gasteiger partial charge in [0.1, 0.15) is 11.5 Å². The van der Waals surface area contributed by atoms with Crippen molar-refractivity contribution in [3.8, 4) is 0 Å². The standard InChI is InChI=1S/C32H25BrCl2N2O6S/c1-20-30(32(39)42-2)29(31(38)37(20)25-5-3-4-22(33)16-25)17-26-12-13-27(43-26)19-36(18-21-6-8-23(34)9-7-21)44(40,41)28-14-10-24(35)11-15-28/h3-17H,18-19H2,1-2H3/b29-17+. The fourth-order valence-electron chi connectivity index (χ4n) is 4.75. The lowest BCUT2D eigenvalue weighted by Crippen LogP contribution is -2.30. The van der Waals surface area contributed by atoms with E-state index in [1.54, 1.807) is 61.5 Å². The molecule has 0 unspecified atom stereocenters. The number of ether oxygens (including phenoxy) is 1. The van der Waals surface area contributed by atoms with Gasteiger partial charge in [-0.15, -0.1) is 0 Å². The lowest BCUT2D eigenvalue weighted by Gasteiger charge is -2.21. The van der Waals surface area contributed by atoms with E-state index < -0.39 is 21.9 Å². The number of hydrogen-bond donors (Lipinski definition) is 0. The zero-order valence-electron chi connectivity index (χ0n) is 23.5. The van der Waals surface area contributed by atoms with Crippen molar-refractivity contribution in [1.29, 1.82) is 0 Å². The van der Waals surface area contributed by atoms with Gasteiger partial charge in [0.25, 0.3) is 5.91 Å². The minimum atomic E-state index is -3.99. The molecule has 226 valence electrons. The average Bonchev–Trinajstić information content (AvgIpc) is 3.54. The van der Waals surface area contributed by atoms with Crippen LogP contribution < -0.4 is 4.90 Å². The molecule has 12 heteroatoms. The van der Waals surface area contributed by atoms with Gasteiger partial charge in [-0.25, -0.2) is 13.2 Å². The van der Waals surface area contributed by atoms with Crippen LogP contribution in [0.15, 0.2) is 116 Å². The maximum atomic E-state index is 13.7. The van der Waals surface area contributed by atoms with Crippen LogP contribution in [-0.2, 0) is 37.4 Å². The summed E-state index contributed by atoms with van der Waals surface area (Å²) >= 11 is 15.4. The number of anilines is 1. The smallest absolute Gasteiger partial charge is 0.340 e. The number of sulfonamides is 1. The van der Waals surface area contributed by atoms with Crippen LogP contribution in [0.1, 0.15) is 24.0 Å². The molecule has 0 saturated heterocycles. The number of esters is 1. The number of halogens is 3. The number of hydrogen-bond acceptors (Lipinski definition) is 6. The van der Waals surface area contributed by atoms with E-state index in [1.165, 1.54) is 46.7 Å². The molecule has 44 heavy (non-hydrogen) atoms. The molecule has 8 nitrogen and oxygen atoms in total. The third kappa shape index (κ3) is 6.69. The summed E-state index contributed by atoms with van der Waals surface area (Å²) < 4.78 is 40.5. The van der Waals surface area contributed by atoms with Gasteiger partial charge in [0, 0.05) is 26.8 Å². The Labute approximate surface area is 273 Å². The van der Waals surface area contributed by atoms with E-state index in [1.807, 2.05) is 6.07 Å². The molecule has 0 fully saturated rings. The summed E-state index contributed by atoms with van der Waals surface area (Å²) in [6.45, 7) is 1.58. The van der Waals surface area contributed by atoms with Crippen molar-refractivity contribution in [3.63, 3.8) is 0 Å². The van der Waals surface area contributed by atoms with Gasteiger partial charge < -0.3 is 9.15 Å². The van der Waals surface area contributed by atoms with E-state index in [0.29, 0.717) is 32.8 Å².